The molecule has 1 aliphatic carbocycles. The molecule has 4 N–H and O–H groups in total. The Hall–Kier alpha value is -4.29. The topological polar surface area (TPSA) is 167 Å². The van der Waals surface area contributed by atoms with E-state index in [9.17, 15) is 18.8 Å². The number of methoxy groups -OCH3 is 1. The monoisotopic (exact) mass is 572 g/mol. The van der Waals surface area contributed by atoms with Gasteiger partial charge >= 0.3 is 12.1 Å². The van der Waals surface area contributed by atoms with E-state index in [4.69, 9.17) is 20.0 Å². The van der Waals surface area contributed by atoms with Crippen LogP contribution in [0.2, 0.25) is 0 Å². The van der Waals surface area contributed by atoms with E-state index in [0.717, 1.165) is 25.7 Å². The van der Waals surface area contributed by atoms with E-state index in [1.54, 1.807) is 6.92 Å². The van der Waals surface area contributed by atoms with E-state index in [1.807, 2.05) is 20.8 Å². The number of amidine groups is 1. The quantitative estimate of drug-likeness (QED) is 0.176. The number of aromatic nitrogens is 2. The van der Waals surface area contributed by atoms with E-state index < -0.39 is 29.4 Å². The molecular formula is C28H37FN6O6. The van der Waals surface area contributed by atoms with Gasteiger partial charge < -0.3 is 30.7 Å². The van der Waals surface area contributed by atoms with Gasteiger partial charge in [-0.25, -0.2) is 23.9 Å². The second-order valence-corrected chi connectivity index (χ2v) is 10.8. The largest absolute Gasteiger partial charge is 0.494 e. The third kappa shape index (κ3) is 10.00. The molecule has 0 unspecified atom stereocenters. The maximum atomic E-state index is 13.6. The van der Waals surface area contributed by atoms with Gasteiger partial charge in [0.25, 0.3) is 5.91 Å². The smallest absolute Gasteiger partial charge is 0.407 e. The van der Waals surface area contributed by atoms with E-state index in [0.29, 0.717) is 5.56 Å². The van der Waals surface area contributed by atoms with E-state index >= 15 is 0 Å². The Morgan fingerprint density at radius 2 is 1.78 bits per heavy atom. The van der Waals surface area contributed by atoms with Crippen LogP contribution in [-0.4, -0.2) is 52.5 Å². The molecule has 1 aromatic carbocycles. The van der Waals surface area contributed by atoms with Crippen LogP contribution < -0.4 is 21.1 Å². The fraction of sp³-hybridized carbons (Fsp3) is 0.500. The second kappa shape index (κ2) is 13.9. The molecule has 41 heavy (non-hydrogen) atoms. The fourth-order valence-electron chi connectivity index (χ4n) is 4.31. The average molecular weight is 573 g/mol. The number of benzene rings is 1. The number of oxime groups is 1. The number of hydrogen-bond acceptors (Lipinski definition) is 9. The third-order valence-electron chi connectivity index (χ3n) is 6.27. The van der Waals surface area contributed by atoms with Crippen molar-refractivity contribution < 1.29 is 33.1 Å². The first-order valence-corrected chi connectivity index (χ1v) is 13.3. The first-order valence-electron chi connectivity index (χ1n) is 13.3. The van der Waals surface area contributed by atoms with Gasteiger partial charge in [-0.15, -0.1) is 0 Å². The van der Waals surface area contributed by atoms with Crippen molar-refractivity contribution in [1.82, 2.24) is 20.6 Å². The summed E-state index contributed by atoms with van der Waals surface area (Å²) >= 11 is 0. The van der Waals surface area contributed by atoms with Crippen molar-refractivity contribution in [2.24, 2.45) is 16.8 Å². The van der Waals surface area contributed by atoms with Gasteiger partial charge in [0.1, 0.15) is 22.8 Å². The summed E-state index contributed by atoms with van der Waals surface area (Å²) in [5.41, 5.74) is 6.20. The molecule has 1 fully saturated rings. The van der Waals surface area contributed by atoms with E-state index in [2.05, 4.69) is 25.8 Å². The maximum Gasteiger partial charge on any atom is 0.407 e. The molecule has 0 spiro atoms. The number of amides is 2. The number of carbonyl (C=O) groups excluding carboxylic acids is 3. The normalized spacial score (nSPS) is 17.4. The summed E-state index contributed by atoms with van der Waals surface area (Å²) in [5, 5.41) is 9.28. The van der Waals surface area contributed by atoms with Crippen LogP contribution in [0.5, 0.6) is 5.75 Å². The Labute approximate surface area is 238 Å². The van der Waals surface area contributed by atoms with Gasteiger partial charge in [-0.05, 0) is 83.1 Å². The first kappa shape index (κ1) is 31.2. The van der Waals surface area contributed by atoms with Gasteiger partial charge in [-0.3, -0.25) is 4.79 Å². The van der Waals surface area contributed by atoms with E-state index in [1.165, 1.54) is 31.4 Å². The standard InChI is InChI=1S/C28H37FN6O6/c1-16-32-21(14-22(33-16)26(37)31-15-18-8-11-20(29)23(12-18)39-5)25(30)35-41-24(36)13-17-6-9-19(10-7-17)34-27(38)40-28(2,3)4/h8,11-12,14,17,19H,6-7,9-10,13,15H2,1-5H3,(H2,30,35)(H,31,37)(H,34,38)/t17-,19-. The molecule has 3 rings (SSSR count). The van der Waals surface area contributed by atoms with Crippen LogP contribution in [-0.2, 0) is 20.9 Å². The van der Waals surface area contributed by atoms with Gasteiger partial charge in [0.2, 0.25) is 0 Å². The summed E-state index contributed by atoms with van der Waals surface area (Å²) in [7, 11) is 1.36. The third-order valence-corrected chi connectivity index (χ3v) is 6.27. The SMILES string of the molecule is COc1cc(CNC(=O)c2cc(/C(N)=N/OC(=O)C[C@H]3CC[C@H](NC(=O)OC(C)(C)C)CC3)nc(C)n2)ccc1F. The predicted molar refractivity (Wildman–Crippen MR) is 147 cm³/mol. The highest BCUT2D eigenvalue weighted by atomic mass is 19.1. The molecule has 12 nitrogen and oxygen atoms in total. The molecule has 13 heteroatoms. The van der Waals surface area contributed by atoms with Crippen molar-refractivity contribution in [3.05, 3.63) is 52.9 Å². The number of carbonyl (C=O) groups is 3. The number of halogens is 1. The van der Waals surface area contributed by atoms with Crippen LogP contribution in [0.15, 0.2) is 29.4 Å². The Balaban J connectivity index is 1.50. The van der Waals surface area contributed by atoms with Crippen LogP contribution >= 0.6 is 0 Å². The molecule has 0 radical (unpaired) electrons. The summed E-state index contributed by atoms with van der Waals surface area (Å²) < 4.78 is 23.9. The first-order chi connectivity index (χ1) is 19.3. The molecule has 1 heterocycles. The molecular weight excluding hydrogens is 535 g/mol. The summed E-state index contributed by atoms with van der Waals surface area (Å²) in [5.74, 6) is -1.33. The summed E-state index contributed by atoms with van der Waals surface area (Å²) in [6.07, 6.45) is 2.64. The second-order valence-electron chi connectivity index (χ2n) is 10.8. The Bertz CT molecular complexity index is 1290. The number of nitrogens with zero attached hydrogens (tertiary/aromatic N) is 3. The van der Waals surface area contributed by atoms with Gasteiger partial charge in [-0.1, -0.05) is 11.2 Å². The number of alkyl carbamates (subject to hydrolysis) is 1. The van der Waals surface area contributed by atoms with Crippen molar-refractivity contribution in [3.8, 4) is 5.75 Å². The molecule has 222 valence electrons. The van der Waals surface area contributed by atoms with Gasteiger partial charge in [-0.2, -0.15) is 0 Å². The maximum absolute atomic E-state index is 13.6. The Kier molecular flexibility index (Phi) is 10.6. The van der Waals surface area contributed by atoms with Crippen LogP contribution in [0.3, 0.4) is 0 Å². The summed E-state index contributed by atoms with van der Waals surface area (Å²) in [4.78, 5) is 50.4. The van der Waals surface area contributed by atoms with Crippen molar-refractivity contribution in [3.63, 3.8) is 0 Å². The molecule has 1 saturated carbocycles. The molecule has 0 aliphatic heterocycles. The number of hydrogen-bond donors (Lipinski definition) is 3. The molecule has 0 bridgehead atoms. The van der Waals surface area contributed by atoms with E-state index in [-0.39, 0.29) is 53.7 Å². The molecule has 2 aromatic rings. The average Bonchev–Trinajstić information content (AvgIpc) is 2.90. The predicted octanol–water partition coefficient (Wildman–Crippen LogP) is 3.50. The Morgan fingerprint density at radius 1 is 1.10 bits per heavy atom. The summed E-state index contributed by atoms with van der Waals surface area (Å²) in [6, 6.07) is 5.59. The highest BCUT2D eigenvalue weighted by Gasteiger charge is 2.26. The zero-order valence-electron chi connectivity index (χ0n) is 24.0. The Morgan fingerprint density at radius 3 is 2.44 bits per heavy atom. The lowest BCUT2D eigenvalue weighted by molar-refractivity contribution is -0.145. The molecule has 1 aliphatic rings. The number of nitrogens with one attached hydrogen (secondary N) is 2. The minimum Gasteiger partial charge on any atom is -0.494 e. The van der Waals surface area contributed by atoms with Gasteiger partial charge in [0.15, 0.2) is 17.4 Å². The van der Waals surface area contributed by atoms with Crippen LogP contribution in [0.25, 0.3) is 0 Å². The highest BCUT2D eigenvalue weighted by Crippen LogP contribution is 2.27. The minimum atomic E-state index is -0.563. The van der Waals surface area contributed by atoms with Crippen molar-refractivity contribution in [1.29, 1.82) is 0 Å². The highest BCUT2D eigenvalue weighted by molar-refractivity contribution is 5.99. The zero-order valence-corrected chi connectivity index (χ0v) is 24.0. The lowest BCUT2D eigenvalue weighted by atomic mass is 9.84. The lowest BCUT2D eigenvalue weighted by Crippen LogP contribution is -2.41. The molecule has 0 saturated heterocycles. The van der Waals surface area contributed by atoms with Crippen LogP contribution in [0.4, 0.5) is 9.18 Å². The minimum absolute atomic E-state index is 0.00305. The zero-order chi connectivity index (χ0) is 30.2. The summed E-state index contributed by atoms with van der Waals surface area (Å²) in [6.45, 7) is 7.11. The molecule has 0 atom stereocenters. The number of nitrogens with two attached hydrogens (primary N) is 1. The lowest BCUT2D eigenvalue weighted by Gasteiger charge is -2.29. The van der Waals surface area contributed by atoms with Crippen molar-refractivity contribution >= 4 is 23.8 Å². The van der Waals surface area contributed by atoms with Crippen LogP contribution in [0, 0.1) is 18.7 Å². The fourth-order valence-corrected chi connectivity index (χ4v) is 4.31. The van der Waals surface area contributed by atoms with Crippen molar-refractivity contribution in [2.75, 3.05) is 7.11 Å². The van der Waals surface area contributed by atoms with Gasteiger partial charge in [0.05, 0.1) is 13.5 Å². The number of aryl methyl sites for hydroxylation is 1. The molecule has 1 aromatic heterocycles. The number of rotatable bonds is 9. The number of ether oxygens (including phenoxy) is 2. The van der Waals surface area contributed by atoms with Crippen molar-refractivity contribution in [2.45, 2.75) is 78.0 Å². The molecule has 2 amide bonds. The van der Waals surface area contributed by atoms with Crippen LogP contribution in [0.1, 0.15) is 80.4 Å². The van der Waals surface area contributed by atoms with Gasteiger partial charge in [0, 0.05) is 12.6 Å².